The molecule has 0 unspecified atom stereocenters. The summed E-state index contributed by atoms with van der Waals surface area (Å²) in [4.78, 5) is 11.4. The average molecular weight is 336 g/mol. The Balaban J connectivity index is 2.16. The first-order chi connectivity index (χ1) is 9.65. The fourth-order valence-electron chi connectivity index (χ4n) is 1.59. The summed E-state index contributed by atoms with van der Waals surface area (Å²) in [6.45, 7) is 0.0928. The van der Waals surface area contributed by atoms with Crippen LogP contribution in [-0.2, 0) is 6.61 Å². The Hall–Kier alpha value is -2.30. The second kappa shape index (κ2) is 6.23. The molecule has 20 heavy (non-hydrogen) atoms. The van der Waals surface area contributed by atoms with E-state index in [0.717, 1.165) is 4.47 Å². The summed E-state index contributed by atoms with van der Waals surface area (Å²) in [6.07, 6.45) is 1.37. The van der Waals surface area contributed by atoms with Crippen LogP contribution in [-0.4, -0.2) is 5.91 Å². The van der Waals surface area contributed by atoms with Crippen LogP contribution in [0.1, 0.15) is 21.7 Å². The minimum atomic E-state index is -0.537. The lowest BCUT2D eigenvalue weighted by molar-refractivity contribution is 0.0922. The Labute approximate surface area is 123 Å². The van der Waals surface area contributed by atoms with Crippen molar-refractivity contribution in [3.05, 3.63) is 51.9 Å². The number of carbonyl (C=O) groups excluding carboxylic acids is 1. The fraction of sp³-hybridized carbons (Fsp3) is 0.0769. The van der Waals surface area contributed by atoms with Gasteiger partial charge in [0.05, 0.1) is 11.8 Å². The highest BCUT2D eigenvalue weighted by atomic mass is 79.9. The van der Waals surface area contributed by atoms with Crippen molar-refractivity contribution in [2.24, 2.45) is 5.84 Å². The van der Waals surface area contributed by atoms with Gasteiger partial charge in [0.25, 0.3) is 0 Å². The summed E-state index contributed by atoms with van der Waals surface area (Å²) in [5.74, 6) is 5.03. The Morgan fingerprint density at radius 3 is 3.00 bits per heavy atom. The number of hydrogen-bond acceptors (Lipinski definition) is 5. The highest BCUT2D eigenvalue weighted by molar-refractivity contribution is 9.10. The molecule has 1 heterocycles. The number of hydrogen-bond donors (Lipinski definition) is 2. The highest BCUT2D eigenvalue weighted by Crippen LogP contribution is 2.24. The Bertz CT molecular complexity index is 676. The number of benzene rings is 1. The predicted octanol–water partition coefficient (Wildman–Crippen LogP) is 2.10. The third kappa shape index (κ3) is 2.99. The Morgan fingerprint density at radius 2 is 2.30 bits per heavy atom. The number of ether oxygens (including phenoxy) is 1. The number of furan rings is 1. The molecule has 0 bridgehead atoms. The molecule has 1 aromatic heterocycles. The molecule has 1 amide bonds. The van der Waals surface area contributed by atoms with E-state index in [-0.39, 0.29) is 12.4 Å². The number of nitrogens with two attached hydrogens (primary N) is 1. The van der Waals surface area contributed by atoms with Crippen LogP contribution in [0.15, 0.2) is 39.4 Å². The summed E-state index contributed by atoms with van der Waals surface area (Å²) in [5, 5.41) is 9.03. The van der Waals surface area contributed by atoms with E-state index in [1.54, 1.807) is 24.3 Å². The molecule has 0 radical (unpaired) electrons. The molecule has 0 aliphatic carbocycles. The molecule has 0 fully saturated rings. The van der Waals surface area contributed by atoms with Gasteiger partial charge in [0.15, 0.2) is 5.76 Å². The van der Waals surface area contributed by atoms with Gasteiger partial charge in [-0.05, 0) is 24.3 Å². The number of nitrogen functional groups attached to an aromatic ring is 1. The molecule has 3 N–H and O–H groups in total. The Morgan fingerprint density at radius 1 is 1.50 bits per heavy atom. The zero-order chi connectivity index (χ0) is 14.5. The summed E-state index contributed by atoms with van der Waals surface area (Å²) in [6, 6.07) is 8.73. The molecular weight excluding hydrogens is 326 g/mol. The quantitative estimate of drug-likeness (QED) is 0.506. The first-order valence-corrected chi connectivity index (χ1v) is 6.34. The first kappa shape index (κ1) is 14.1. The van der Waals surface area contributed by atoms with Crippen molar-refractivity contribution in [1.82, 2.24) is 5.43 Å². The van der Waals surface area contributed by atoms with Gasteiger partial charge in [0, 0.05) is 10.0 Å². The second-order valence-electron chi connectivity index (χ2n) is 3.79. The molecule has 0 saturated carbocycles. The third-order valence-electron chi connectivity index (χ3n) is 2.53. The molecule has 2 aromatic rings. The van der Waals surface area contributed by atoms with Crippen LogP contribution in [0, 0.1) is 11.3 Å². The van der Waals surface area contributed by atoms with Crippen LogP contribution < -0.4 is 16.0 Å². The van der Waals surface area contributed by atoms with E-state index in [2.05, 4.69) is 15.9 Å². The second-order valence-corrected chi connectivity index (χ2v) is 4.71. The SMILES string of the molecule is N#Cc1cc(Br)ccc1OCc1ccoc1C(=O)NN. The van der Waals surface area contributed by atoms with Gasteiger partial charge >= 0.3 is 5.91 Å². The lowest BCUT2D eigenvalue weighted by Crippen LogP contribution is -2.30. The molecule has 2 rings (SSSR count). The van der Waals surface area contributed by atoms with Crippen LogP contribution in [0.3, 0.4) is 0 Å². The molecule has 0 aliphatic rings. The van der Waals surface area contributed by atoms with Crippen molar-refractivity contribution in [3.8, 4) is 11.8 Å². The van der Waals surface area contributed by atoms with Crippen LogP contribution in [0.25, 0.3) is 0 Å². The summed E-state index contributed by atoms with van der Waals surface area (Å²) in [7, 11) is 0. The minimum absolute atomic E-state index is 0.0862. The summed E-state index contributed by atoms with van der Waals surface area (Å²) >= 11 is 3.28. The summed E-state index contributed by atoms with van der Waals surface area (Å²) in [5.41, 5.74) is 2.93. The van der Waals surface area contributed by atoms with Crippen molar-refractivity contribution in [1.29, 1.82) is 5.26 Å². The molecule has 102 valence electrons. The van der Waals surface area contributed by atoms with Crippen molar-refractivity contribution in [3.63, 3.8) is 0 Å². The first-order valence-electron chi connectivity index (χ1n) is 5.55. The van der Waals surface area contributed by atoms with Crippen molar-refractivity contribution < 1.29 is 13.9 Å². The van der Waals surface area contributed by atoms with E-state index >= 15 is 0 Å². The molecular formula is C13H10BrN3O3. The molecule has 1 aromatic carbocycles. The van der Waals surface area contributed by atoms with Gasteiger partial charge in [-0.25, -0.2) is 5.84 Å². The van der Waals surface area contributed by atoms with Crippen LogP contribution >= 0.6 is 15.9 Å². The number of nitriles is 1. The van der Waals surface area contributed by atoms with E-state index in [9.17, 15) is 4.79 Å². The van der Waals surface area contributed by atoms with Crippen molar-refractivity contribution in [2.45, 2.75) is 6.61 Å². The zero-order valence-corrected chi connectivity index (χ0v) is 11.8. The van der Waals surface area contributed by atoms with Crippen molar-refractivity contribution >= 4 is 21.8 Å². The van der Waals surface area contributed by atoms with E-state index in [4.69, 9.17) is 20.3 Å². The fourth-order valence-corrected chi connectivity index (χ4v) is 1.95. The van der Waals surface area contributed by atoms with Gasteiger partial charge in [0.2, 0.25) is 0 Å². The average Bonchev–Trinajstić information content (AvgIpc) is 2.93. The molecule has 0 atom stereocenters. The standard InChI is InChI=1S/C13H10BrN3O3/c14-10-1-2-11(9(5-10)6-15)20-7-8-3-4-19-12(8)13(18)17-16/h1-5H,7,16H2,(H,17,18). The normalized spacial score (nSPS) is 9.85. The number of amides is 1. The molecule has 0 spiro atoms. The lowest BCUT2D eigenvalue weighted by atomic mass is 10.2. The monoisotopic (exact) mass is 335 g/mol. The maximum Gasteiger partial charge on any atom is 0.301 e. The molecule has 6 nitrogen and oxygen atoms in total. The Kier molecular flexibility index (Phi) is 4.40. The van der Waals surface area contributed by atoms with Gasteiger partial charge in [-0.2, -0.15) is 5.26 Å². The van der Waals surface area contributed by atoms with Crippen LogP contribution in [0.4, 0.5) is 0 Å². The third-order valence-corrected chi connectivity index (χ3v) is 3.02. The maximum atomic E-state index is 11.4. The van der Waals surface area contributed by atoms with Gasteiger partial charge in [0.1, 0.15) is 18.4 Å². The van der Waals surface area contributed by atoms with E-state index in [0.29, 0.717) is 16.9 Å². The topological polar surface area (TPSA) is 101 Å². The number of hydrazine groups is 1. The molecule has 7 heteroatoms. The zero-order valence-electron chi connectivity index (χ0n) is 10.2. The number of rotatable bonds is 4. The molecule has 0 saturated heterocycles. The van der Waals surface area contributed by atoms with E-state index in [1.165, 1.54) is 6.26 Å². The van der Waals surface area contributed by atoms with Gasteiger partial charge < -0.3 is 9.15 Å². The maximum absolute atomic E-state index is 11.4. The van der Waals surface area contributed by atoms with E-state index < -0.39 is 5.91 Å². The predicted molar refractivity (Wildman–Crippen MR) is 73.6 cm³/mol. The van der Waals surface area contributed by atoms with Gasteiger partial charge in [-0.3, -0.25) is 10.2 Å². The largest absolute Gasteiger partial charge is 0.487 e. The van der Waals surface area contributed by atoms with Gasteiger partial charge in [-0.15, -0.1) is 0 Å². The van der Waals surface area contributed by atoms with Crippen molar-refractivity contribution in [2.75, 3.05) is 0 Å². The van der Waals surface area contributed by atoms with Crippen LogP contribution in [0.2, 0.25) is 0 Å². The number of halogens is 1. The smallest absolute Gasteiger partial charge is 0.301 e. The van der Waals surface area contributed by atoms with Gasteiger partial charge in [-0.1, -0.05) is 15.9 Å². The summed E-state index contributed by atoms with van der Waals surface area (Å²) < 4.78 is 11.4. The highest BCUT2D eigenvalue weighted by Gasteiger charge is 2.15. The minimum Gasteiger partial charge on any atom is -0.487 e. The number of nitrogens with one attached hydrogen (secondary N) is 1. The van der Waals surface area contributed by atoms with Crippen LogP contribution in [0.5, 0.6) is 5.75 Å². The number of carbonyl (C=O) groups is 1. The molecule has 0 aliphatic heterocycles. The number of nitrogens with zero attached hydrogens (tertiary/aromatic N) is 1. The lowest BCUT2D eigenvalue weighted by Gasteiger charge is -2.08. The van der Waals surface area contributed by atoms with E-state index in [1.807, 2.05) is 11.5 Å².